The van der Waals surface area contributed by atoms with Gasteiger partial charge in [-0.05, 0) is 68.1 Å². The van der Waals surface area contributed by atoms with Gasteiger partial charge in [-0.1, -0.05) is 25.5 Å². The smallest absolute Gasteiger partial charge is 0.302 e. The molecule has 6 atom stereocenters. The molecule has 0 spiro atoms. The van der Waals surface area contributed by atoms with Crippen LogP contribution in [0.5, 0.6) is 0 Å². The summed E-state index contributed by atoms with van der Waals surface area (Å²) in [5.74, 6) is 2.49. The first-order chi connectivity index (χ1) is 13.8. The zero-order valence-corrected chi connectivity index (χ0v) is 18.8. The van der Waals surface area contributed by atoms with Crippen LogP contribution in [-0.2, 0) is 13.9 Å². The SMILES string of the molecule is C[C@]12CC[C@@H](OP(=O)(N3CC3)N3CC3)CC1=CC[C@H]1[C@H]2CC[C@]2(C)C(=O)CC[C@@H]12. The molecule has 0 bridgehead atoms. The summed E-state index contributed by atoms with van der Waals surface area (Å²) in [6.45, 7) is 8.42. The Labute approximate surface area is 174 Å². The van der Waals surface area contributed by atoms with E-state index in [1.54, 1.807) is 5.57 Å². The molecule has 0 aromatic carbocycles. The van der Waals surface area contributed by atoms with Gasteiger partial charge in [0.2, 0.25) is 0 Å². The van der Waals surface area contributed by atoms with Gasteiger partial charge in [0, 0.05) is 38.0 Å². The highest BCUT2D eigenvalue weighted by Gasteiger charge is 2.59. The van der Waals surface area contributed by atoms with Crippen LogP contribution in [0.2, 0.25) is 0 Å². The molecule has 3 saturated carbocycles. The van der Waals surface area contributed by atoms with Gasteiger partial charge in [-0.25, -0.2) is 9.34 Å². The van der Waals surface area contributed by atoms with E-state index >= 15 is 0 Å². The van der Waals surface area contributed by atoms with E-state index in [9.17, 15) is 9.36 Å². The first kappa shape index (κ1) is 19.2. The molecule has 0 radical (unpaired) electrons. The molecule has 160 valence electrons. The highest BCUT2D eigenvalue weighted by atomic mass is 31.2. The number of carbonyl (C=O) groups excluding carboxylic acids is 1. The van der Waals surface area contributed by atoms with E-state index in [1.807, 2.05) is 9.34 Å². The number of hydrogen-bond acceptors (Lipinski definition) is 3. The van der Waals surface area contributed by atoms with Gasteiger partial charge in [-0.15, -0.1) is 0 Å². The number of carbonyl (C=O) groups is 1. The standard InChI is InChI=1S/C23H35N2O3P/c1-22-9-7-17(28-29(27,24-11-12-24)25-13-14-25)15-16(22)3-4-18-19-5-6-21(26)23(19,2)10-8-20(18)22/h3,17-20H,4-15H2,1-2H3/t17-,18-,19+,20-,22+,23+/m1/s1. The van der Waals surface area contributed by atoms with E-state index < -0.39 is 7.67 Å². The lowest BCUT2D eigenvalue weighted by Crippen LogP contribution is -2.50. The van der Waals surface area contributed by atoms with Crippen molar-refractivity contribution in [3.05, 3.63) is 11.6 Å². The van der Waals surface area contributed by atoms with Crippen molar-refractivity contribution in [3.8, 4) is 0 Å². The fraction of sp³-hybridized carbons (Fsp3) is 0.870. The fourth-order valence-electron chi connectivity index (χ4n) is 7.59. The second-order valence-electron chi connectivity index (χ2n) is 11.0. The van der Waals surface area contributed by atoms with Crippen molar-refractivity contribution in [3.63, 3.8) is 0 Å². The lowest BCUT2D eigenvalue weighted by atomic mass is 9.48. The Balaban J connectivity index is 1.22. The van der Waals surface area contributed by atoms with Crippen LogP contribution in [0.15, 0.2) is 11.6 Å². The molecule has 5 fully saturated rings. The highest BCUT2D eigenvalue weighted by molar-refractivity contribution is 7.54. The molecule has 6 rings (SSSR count). The molecule has 4 aliphatic carbocycles. The maximum Gasteiger partial charge on any atom is 0.346 e. The summed E-state index contributed by atoms with van der Waals surface area (Å²) in [5, 5.41) is 0. The highest BCUT2D eigenvalue weighted by Crippen LogP contribution is 2.66. The van der Waals surface area contributed by atoms with E-state index in [4.69, 9.17) is 4.52 Å². The molecule has 0 aromatic heterocycles. The van der Waals surface area contributed by atoms with Crippen molar-refractivity contribution in [2.45, 2.75) is 71.3 Å². The molecule has 2 aliphatic heterocycles. The van der Waals surface area contributed by atoms with Crippen molar-refractivity contribution in [2.24, 2.45) is 28.6 Å². The summed E-state index contributed by atoms with van der Waals surface area (Å²) in [6, 6.07) is 0. The molecule has 0 N–H and O–H groups in total. The van der Waals surface area contributed by atoms with Gasteiger partial charge in [-0.2, -0.15) is 0 Å². The molecule has 0 aromatic rings. The first-order valence-electron chi connectivity index (χ1n) is 11.9. The first-order valence-corrected chi connectivity index (χ1v) is 13.4. The Morgan fingerprint density at radius 3 is 2.34 bits per heavy atom. The summed E-state index contributed by atoms with van der Waals surface area (Å²) in [6.07, 6.45) is 11.0. The molecule has 29 heavy (non-hydrogen) atoms. The van der Waals surface area contributed by atoms with Crippen LogP contribution in [0.25, 0.3) is 0 Å². The molecule has 2 saturated heterocycles. The molecule has 5 nitrogen and oxygen atoms in total. The number of hydrogen-bond donors (Lipinski definition) is 0. The Morgan fingerprint density at radius 1 is 1.00 bits per heavy atom. The van der Waals surface area contributed by atoms with Crippen LogP contribution in [-0.4, -0.2) is 47.4 Å². The van der Waals surface area contributed by atoms with Crippen LogP contribution < -0.4 is 0 Å². The number of rotatable bonds is 4. The topological polar surface area (TPSA) is 49.4 Å². The predicted molar refractivity (Wildman–Crippen MR) is 112 cm³/mol. The maximum atomic E-state index is 13.4. The van der Waals surface area contributed by atoms with Crippen LogP contribution in [0.1, 0.15) is 65.2 Å². The molecular weight excluding hydrogens is 383 g/mol. The fourth-order valence-corrected chi connectivity index (χ4v) is 9.97. The average Bonchev–Trinajstić information content (AvgIpc) is 3.59. The molecule has 0 unspecified atom stereocenters. The van der Waals surface area contributed by atoms with Crippen LogP contribution in [0, 0.1) is 28.6 Å². The number of fused-ring (bicyclic) bond motifs is 5. The molecule has 6 aliphatic rings. The summed E-state index contributed by atoms with van der Waals surface area (Å²) < 4.78 is 23.9. The zero-order valence-electron chi connectivity index (χ0n) is 17.9. The van der Waals surface area contributed by atoms with Crippen LogP contribution in [0.3, 0.4) is 0 Å². The van der Waals surface area contributed by atoms with Gasteiger partial charge in [0.25, 0.3) is 0 Å². The van der Waals surface area contributed by atoms with Gasteiger partial charge in [0.1, 0.15) is 5.78 Å². The summed E-state index contributed by atoms with van der Waals surface area (Å²) in [5.41, 5.74) is 1.76. The minimum absolute atomic E-state index is 0.0484. The largest absolute Gasteiger partial charge is 0.346 e. The molecule has 0 amide bonds. The monoisotopic (exact) mass is 418 g/mol. The van der Waals surface area contributed by atoms with Crippen molar-refractivity contribution in [2.75, 3.05) is 26.2 Å². The third kappa shape index (κ3) is 2.76. The lowest BCUT2D eigenvalue weighted by molar-refractivity contribution is -0.131. The predicted octanol–water partition coefficient (Wildman–Crippen LogP) is 4.64. The Bertz CT molecular complexity index is 803. The number of Topliss-reactive ketones (excluding diaryl/α,β-unsaturated/α-hetero) is 1. The normalized spacial score (nSPS) is 47.2. The van der Waals surface area contributed by atoms with E-state index in [0.717, 1.165) is 71.1 Å². The van der Waals surface area contributed by atoms with Crippen LogP contribution in [0.4, 0.5) is 0 Å². The van der Waals surface area contributed by atoms with Crippen molar-refractivity contribution in [1.82, 2.24) is 9.34 Å². The average molecular weight is 419 g/mol. The Hall–Kier alpha value is -0.480. The molecule has 6 heteroatoms. The number of nitrogens with zero attached hydrogens (tertiary/aromatic N) is 2. The van der Waals surface area contributed by atoms with Gasteiger partial charge in [-0.3, -0.25) is 9.36 Å². The molecule has 2 heterocycles. The molecular formula is C23H35N2O3P. The summed E-state index contributed by atoms with van der Waals surface area (Å²) in [7, 11) is -2.74. The number of ketones is 1. The third-order valence-corrected chi connectivity index (χ3v) is 12.4. The van der Waals surface area contributed by atoms with E-state index in [0.29, 0.717) is 23.5 Å². The number of allylic oxidation sites excluding steroid dienone is 1. The summed E-state index contributed by atoms with van der Waals surface area (Å²) in [4.78, 5) is 12.6. The minimum atomic E-state index is -2.74. The second-order valence-corrected chi connectivity index (χ2v) is 13.4. The van der Waals surface area contributed by atoms with E-state index in [2.05, 4.69) is 19.9 Å². The maximum absolute atomic E-state index is 13.4. The zero-order chi connectivity index (χ0) is 20.0. The minimum Gasteiger partial charge on any atom is -0.302 e. The second kappa shape index (κ2) is 6.28. The Kier molecular flexibility index (Phi) is 4.16. The lowest BCUT2D eigenvalue weighted by Gasteiger charge is -2.57. The van der Waals surface area contributed by atoms with Crippen molar-refractivity contribution >= 4 is 13.5 Å². The van der Waals surface area contributed by atoms with E-state index in [-0.39, 0.29) is 16.9 Å². The Morgan fingerprint density at radius 2 is 1.66 bits per heavy atom. The van der Waals surface area contributed by atoms with Gasteiger partial charge in [0.15, 0.2) is 0 Å². The quantitative estimate of drug-likeness (QED) is 0.378. The van der Waals surface area contributed by atoms with E-state index in [1.165, 1.54) is 6.42 Å². The van der Waals surface area contributed by atoms with Gasteiger partial charge in [0.05, 0.1) is 6.10 Å². The van der Waals surface area contributed by atoms with Crippen molar-refractivity contribution < 1.29 is 13.9 Å². The van der Waals surface area contributed by atoms with Crippen LogP contribution >= 0.6 is 7.67 Å². The summed E-state index contributed by atoms with van der Waals surface area (Å²) >= 11 is 0. The van der Waals surface area contributed by atoms with Gasteiger partial charge >= 0.3 is 7.67 Å². The van der Waals surface area contributed by atoms with Gasteiger partial charge < -0.3 is 4.52 Å². The van der Waals surface area contributed by atoms with Crippen molar-refractivity contribution in [1.29, 1.82) is 0 Å². The third-order valence-electron chi connectivity index (χ3n) is 9.62.